The molecule has 5 rings (SSSR count). The highest BCUT2D eigenvalue weighted by molar-refractivity contribution is 8.00. The molecule has 0 spiro atoms. The molecule has 2 aliphatic heterocycles. The first-order valence-corrected chi connectivity index (χ1v) is 10.9. The number of aryl methyl sites for hydroxylation is 1. The van der Waals surface area contributed by atoms with E-state index in [9.17, 15) is 4.79 Å². The summed E-state index contributed by atoms with van der Waals surface area (Å²) in [6, 6.07) is 8.50. The van der Waals surface area contributed by atoms with Gasteiger partial charge in [0.05, 0.1) is 11.4 Å². The van der Waals surface area contributed by atoms with Crippen molar-refractivity contribution in [2.45, 2.75) is 37.0 Å². The maximum atomic E-state index is 12.1. The Hall–Kier alpha value is -2.08. The molecule has 5 nitrogen and oxygen atoms in total. The predicted octanol–water partition coefficient (Wildman–Crippen LogP) is 3.17. The summed E-state index contributed by atoms with van der Waals surface area (Å²) in [6.07, 6.45) is 5.66. The molecular weight excluding hydrogens is 356 g/mol. The molecule has 0 unspecified atom stereocenters. The van der Waals surface area contributed by atoms with Crippen LogP contribution in [0, 0.1) is 0 Å². The molecule has 1 aromatic carbocycles. The van der Waals surface area contributed by atoms with Crippen molar-refractivity contribution in [3.8, 4) is 11.3 Å². The molecule has 1 aromatic heterocycles. The van der Waals surface area contributed by atoms with Gasteiger partial charge in [-0.3, -0.25) is 4.79 Å². The molecular formula is C21H24N4OS. The number of amides is 1. The molecule has 6 heteroatoms. The van der Waals surface area contributed by atoms with Crippen LogP contribution in [0.25, 0.3) is 11.3 Å². The molecule has 0 N–H and O–H groups in total. The first-order valence-electron chi connectivity index (χ1n) is 9.94. The van der Waals surface area contributed by atoms with Crippen LogP contribution in [0.5, 0.6) is 0 Å². The topological polar surface area (TPSA) is 49.3 Å². The number of likely N-dealkylation sites (tertiary alicyclic amines) is 1. The van der Waals surface area contributed by atoms with Crippen LogP contribution in [-0.2, 0) is 17.6 Å². The Morgan fingerprint density at radius 2 is 1.89 bits per heavy atom. The standard InChI is InChI=1S/C21H24N4OS/c26-19(24-9-3-10-24)14-27-16-6-1-5-15(13-16)20-17-7-2-8-18(17)22-21(23-20)25-11-4-12-25/h1,5-6,13H,2-4,7-12,14H2. The number of anilines is 1. The summed E-state index contributed by atoms with van der Waals surface area (Å²) < 4.78 is 0. The van der Waals surface area contributed by atoms with E-state index in [0.29, 0.717) is 5.75 Å². The summed E-state index contributed by atoms with van der Waals surface area (Å²) in [7, 11) is 0. The van der Waals surface area contributed by atoms with Gasteiger partial charge in [0, 0.05) is 47.9 Å². The Morgan fingerprint density at radius 1 is 1.04 bits per heavy atom. The van der Waals surface area contributed by atoms with Gasteiger partial charge < -0.3 is 9.80 Å². The van der Waals surface area contributed by atoms with Crippen molar-refractivity contribution in [2.24, 2.45) is 0 Å². The summed E-state index contributed by atoms with van der Waals surface area (Å²) in [5.41, 5.74) is 4.79. The average molecular weight is 381 g/mol. The fourth-order valence-corrected chi connectivity index (χ4v) is 4.71. The lowest BCUT2D eigenvalue weighted by atomic mass is 10.1. The molecule has 0 bridgehead atoms. The Bertz CT molecular complexity index is 876. The van der Waals surface area contributed by atoms with E-state index in [0.717, 1.165) is 67.5 Å². The van der Waals surface area contributed by atoms with Gasteiger partial charge in [0.25, 0.3) is 0 Å². The second-order valence-electron chi connectivity index (χ2n) is 7.54. The maximum Gasteiger partial charge on any atom is 0.232 e. The summed E-state index contributed by atoms with van der Waals surface area (Å²) in [6.45, 7) is 3.97. The number of fused-ring (bicyclic) bond motifs is 1. The van der Waals surface area contributed by atoms with Crippen LogP contribution in [0.15, 0.2) is 29.2 Å². The monoisotopic (exact) mass is 380 g/mol. The van der Waals surface area contributed by atoms with E-state index in [2.05, 4.69) is 29.2 Å². The van der Waals surface area contributed by atoms with Crippen molar-refractivity contribution < 1.29 is 4.79 Å². The van der Waals surface area contributed by atoms with Gasteiger partial charge in [-0.05, 0) is 44.2 Å². The Labute approximate surface area is 164 Å². The van der Waals surface area contributed by atoms with Crippen LogP contribution < -0.4 is 4.90 Å². The largest absolute Gasteiger partial charge is 0.342 e. The van der Waals surface area contributed by atoms with Crippen LogP contribution in [0.2, 0.25) is 0 Å². The number of aromatic nitrogens is 2. The molecule has 0 atom stereocenters. The molecule has 2 fully saturated rings. The minimum absolute atomic E-state index is 0.250. The fraction of sp³-hybridized carbons (Fsp3) is 0.476. The lowest BCUT2D eigenvalue weighted by molar-refractivity contribution is -0.131. The van der Waals surface area contributed by atoms with Gasteiger partial charge in [-0.15, -0.1) is 11.8 Å². The third-order valence-electron chi connectivity index (χ3n) is 5.74. The quantitative estimate of drug-likeness (QED) is 0.746. The van der Waals surface area contributed by atoms with E-state index >= 15 is 0 Å². The average Bonchev–Trinajstić information content (AvgIpc) is 3.05. The highest BCUT2D eigenvalue weighted by Crippen LogP contribution is 2.34. The van der Waals surface area contributed by atoms with Crippen molar-refractivity contribution in [2.75, 3.05) is 36.8 Å². The van der Waals surface area contributed by atoms with Gasteiger partial charge in [0.15, 0.2) is 0 Å². The Kier molecular flexibility index (Phi) is 4.52. The Morgan fingerprint density at radius 3 is 2.63 bits per heavy atom. The number of carbonyl (C=O) groups is 1. The number of hydrogen-bond acceptors (Lipinski definition) is 5. The van der Waals surface area contributed by atoms with E-state index in [1.54, 1.807) is 11.8 Å². The zero-order chi connectivity index (χ0) is 18.2. The summed E-state index contributed by atoms with van der Waals surface area (Å²) in [4.78, 5) is 27.3. The second-order valence-corrected chi connectivity index (χ2v) is 8.59. The van der Waals surface area contributed by atoms with Crippen LogP contribution >= 0.6 is 11.8 Å². The van der Waals surface area contributed by atoms with Gasteiger partial charge in [0.2, 0.25) is 11.9 Å². The summed E-state index contributed by atoms with van der Waals surface area (Å²) in [5, 5.41) is 0. The van der Waals surface area contributed by atoms with E-state index in [4.69, 9.17) is 9.97 Å². The predicted molar refractivity (Wildman–Crippen MR) is 108 cm³/mol. The van der Waals surface area contributed by atoms with Crippen LogP contribution in [0.1, 0.15) is 30.5 Å². The molecule has 3 aliphatic rings. The normalized spacial score (nSPS) is 18.1. The lowest BCUT2D eigenvalue weighted by Gasteiger charge is -2.31. The smallest absolute Gasteiger partial charge is 0.232 e. The zero-order valence-corrected chi connectivity index (χ0v) is 16.3. The first-order chi connectivity index (χ1) is 13.3. The van der Waals surface area contributed by atoms with Crippen LogP contribution in [0.3, 0.4) is 0 Å². The number of nitrogens with zero attached hydrogens (tertiary/aromatic N) is 4. The number of thioether (sulfide) groups is 1. The Balaban J connectivity index is 1.41. The summed E-state index contributed by atoms with van der Waals surface area (Å²) in [5.74, 6) is 1.66. The number of benzene rings is 1. The molecule has 27 heavy (non-hydrogen) atoms. The first kappa shape index (κ1) is 17.0. The maximum absolute atomic E-state index is 12.1. The van der Waals surface area contributed by atoms with Gasteiger partial charge in [0.1, 0.15) is 0 Å². The molecule has 1 amide bonds. The van der Waals surface area contributed by atoms with E-state index in [1.807, 2.05) is 4.90 Å². The van der Waals surface area contributed by atoms with Crippen molar-refractivity contribution in [3.63, 3.8) is 0 Å². The fourth-order valence-electron chi connectivity index (χ4n) is 3.85. The molecule has 140 valence electrons. The van der Waals surface area contributed by atoms with Crippen LogP contribution in [0.4, 0.5) is 5.95 Å². The van der Waals surface area contributed by atoms with Crippen molar-refractivity contribution in [1.29, 1.82) is 0 Å². The number of carbonyl (C=O) groups excluding carboxylic acids is 1. The number of rotatable bonds is 5. The van der Waals surface area contributed by atoms with Gasteiger partial charge in [-0.2, -0.15) is 0 Å². The van der Waals surface area contributed by atoms with Crippen molar-refractivity contribution >= 4 is 23.6 Å². The third-order valence-corrected chi connectivity index (χ3v) is 6.72. The molecule has 2 aromatic rings. The minimum atomic E-state index is 0.250. The SMILES string of the molecule is O=C(CSc1cccc(-c2nc(N3CCC3)nc3c2CCC3)c1)N1CCC1. The molecule has 3 heterocycles. The highest BCUT2D eigenvalue weighted by atomic mass is 32.2. The summed E-state index contributed by atoms with van der Waals surface area (Å²) >= 11 is 1.63. The second kappa shape index (κ2) is 7.15. The third kappa shape index (κ3) is 3.31. The molecule has 1 aliphatic carbocycles. The van der Waals surface area contributed by atoms with Crippen molar-refractivity contribution in [3.05, 3.63) is 35.5 Å². The minimum Gasteiger partial charge on any atom is -0.342 e. The molecule has 0 saturated carbocycles. The van der Waals surface area contributed by atoms with Crippen molar-refractivity contribution in [1.82, 2.24) is 14.9 Å². The highest BCUT2D eigenvalue weighted by Gasteiger charge is 2.25. The van der Waals surface area contributed by atoms with E-state index < -0.39 is 0 Å². The van der Waals surface area contributed by atoms with E-state index in [1.165, 1.54) is 24.1 Å². The lowest BCUT2D eigenvalue weighted by Crippen LogP contribution is -2.42. The molecule has 0 radical (unpaired) electrons. The van der Waals surface area contributed by atoms with Crippen LogP contribution in [-0.4, -0.2) is 52.7 Å². The van der Waals surface area contributed by atoms with Gasteiger partial charge in [-0.1, -0.05) is 12.1 Å². The number of hydrogen-bond donors (Lipinski definition) is 0. The zero-order valence-electron chi connectivity index (χ0n) is 15.5. The molecule has 2 saturated heterocycles. The van der Waals surface area contributed by atoms with Gasteiger partial charge in [-0.25, -0.2) is 9.97 Å². The van der Waals surface area contributed by atoms with E-state index in [-0.39, 0.29) is 5.91 Å². The van der Waals surface area contributed by atoms with Gasteiger partial charge >= 0.3 is 0 Å².